The highest BCUT2D eigenvalue weighted by molar-refractivity contribution is 5.21. The number of nitrogens with one attached hydrogen (secondary N) is 1. The topological polar surface area (TPSA) is 42.7 Å². The van der Waals surface area contributed by atoms with E-state index in [4.69, 9.17) is 0 Å². The normalized spacial score (nSPS) is 14.2. The first-order chi connectivity index (χ1) is 9.76. The van der Waals surface area contributed by atoms with Crippen LogP contribution < -0.4 is 5.32 Å². The Morgan fingerprint density at radius 1 is 1.20 bits per heavy atom. The van der Waals surface area contributed by atoms with Crippen LogP contribution in [0.1, 0.15) is 38.1 Å². The lowest BCUT2D eigenvalue weighted by atomic mass is 9.91. The molecule has 0 aliphatic heterocycles. The molecule has 4 heteroatoms. The van der Waals surface area contributed by atoms with Gasteiger partial charge in [-0.2, -0.15) is 5.10 Å². The molecule has 0 fully saturated rings. The van der Waals surface area contributed by atoms with Gasteiger partial charge >= 0.3 is 0 Å². The second-order valence-electron chi connectivity index (χ2n) is 5.06. The molecule has 1 heterocycles. The van der Waals surface area contributed by atoms with Gasteiger partial charge in [0.15, 0.2) is 0 Å². The lowest BCUT2D eigenvalue weighted by Crippen LogP contribution is -2.36. The van der Waals surface area contributed by atoms with Crippen LogP contribution in [0.25, 0.3) is 0 Å². The summed E-state index contributed by atoms with van der Waals surface area (Å²) in [4.78, 5) is 4.40. The molecule has 2 unspecified atom stereocenters. The Kier molecular flexibility index (Phi) is 5.30. The van der Waals surface area contributed by atoms with Gasteiger partial charge in [-0.15, -0.1) is 0 Å². The molecule has 0 aliphatic carbocycles. The van der Waals surface area contributed by atoms with E-state index in [1.807, 2.05) is 4.68 Å². The Hall–Kier alpha value is -1.68. The molecule has 108 valence electrons. The number of likely N-dealkylation sites (N-methyl/N-ethyl adjacent to an activating group) is 1. The SMILES string of the molecule is CCNC(Cc1ncnn1CC)C(C)c1ccccc1. The summed E-state index contributed by atoms with van der Waals surface area (Å²) < 4.78 is 1.97. The van der Waals surface area contributed by atoms with Gasteiger partial charge in [0.2, 0.25) is 0 Å². The Labute approximate surface area is 121 Å². The maximum atomic E-state index is 4.40. The minimum absolute atomic E-state index is 0.372. The van der Waals surface area contributed by atoms with Crippen LogP contribution in [-0.2, 0) is 13.0 Å². The largest absolute Gasteiger partial charge is 0.313 e. The number of aryl methyl sites for hydroxylation is 1. The summed E-state index contributed by atoms with van der Waals surface area (Å²) in [6.45, 7) is 8.35. The summed E-state index contributed by atoms with van der Waals surface area (Å²) in [6.07, 6.45) is 2.55. The molecule has 2 rings (SSSR count). The number of hydrogen-bond donors (Lipinski definition) is 1. The second-order valence-corrected chi connectivity index (χ2v) is 5.06. The molecule has 0 saturated carbocycles. The van der Waals surface area contributed by atoms with Gasteiger partial charge in [0.25, 0.3) is 0 Å². The lowest BCUT2D eigenvalue weighted by molar-refractivity contribution is 0.438. The van der Waals surface area contributed by atoms with E-state index in [9.17, 15) is 0 Å². The van der Waals surface area contributed by atoms with Crippen molar-refractivity contribution in [1.29, 1.82) is 0 Å². The predicted octanol–water partition coefficient (Wildman–Crippen LogP) is 2.62. The van der Waals surface area contributed by atoms with E-state index in [-0.39, 0.29) is 0 Å². The van der Waals surface area contributed by atoms with Gasteiger partial charge in [0.05, 0.1) is 0 Å². The molecule has 0 aliphatic rings. The first kappa shape index (κ1) is 14.7. The molecule has 0 bridgehead atoms. The number of rotatable bonds is 7. The summed E-state index contributed by atoms with van der Waals surface area (Å²) in [5.74, 6) is 1.50. The van der Waals surface area contributed by atoms with Crippen LogP contribution in [0.5, 0.6) is 0 Å². The molecular formula is C16H24N4. The van der Waals surface area contributed by atoms with Gasteiger partial charge in [-0.1, -0.05) is 44.2 Å². The van der Waals surface area contributed by atoms with E-state index in [0.717, 1.165) is 25.3 Å². The third-order valence-electron chi connectivity index (χ3n) is 3.79. The van der Waals surface area contributed by atoms with E-state index in [0.29, 0.717) is 12.0 Å². The summed E-state index contributed by atoms with van der Waals surface area (Å²) in [5.41, 5.74) is 1.36. The molecule has 1 aromatic carbocycles. The van der Waals surface area contributed by atoms with Gasteiger partial charge < -0.3 is 5.32 Å². The van der Waals surface area contributed by atoms with E-state index in [2.05, 4.69) is 66.5 Å². The third kappa shape index (κ3) is 3.45. The number of hydrogen-bond acceptors (Lipinski definition) is 3. The van der Waals surface area contributed by atoms with Crippen LogP contribution >= 0.6 is 0 Å². The zero-order valence-corrected chi connectivity index (χ0v) is 12.6. The average Bonchev–Trinajstić information content (AvgIpc) is 2.94. The van der Waals surface area contributed by atoms with Crippen LogP contribution in [0.4, 0.5) is 0 Å². The van der Waals surface area contributed by atoms with E-state index in [1.54, 1.807) is 6.33 Å². The Balaban J connectivity index is 2.14. The Morgan fingerprint density at radius 3 is 2.60 bits per heavy atom. The highest BCUT2D eigenvalue weighted by atomic mass is 15.3. The van der Waals surface area contributed by atoms with Crippen molar-refractivity contribution in [3.8, 4) is 0 Å². The highest BCUT2D eigenvalue weighted by Gasteiger charge is 2.20. The first-order valence-electron chi connectivity index (χ1n) is 7.41. The van der Waals surface area contributed by atoms with Crippen molar-refractivity contribution in [2.75, 3.05) is 6.54 Å². The average molecular weight is 272 g/mol. The molecule has 0 saturated heterocycles. The fraction of sp³-hybridized carbons (Fsp3) is 0.500. The van der Waals surface area contributed by atoms with Crippen molar-refractivity contribution >= 4 is 0 Å². The van der Waals surface area contributed by atoms with Crippen LogP contribution in [0.3, 0.4) is 0 Å². The molecule has 2 atom stereocenters. The molecule has 0 amide bonds. The van der Waals surface area contributed by atoms with Crippen molar-refractivity contribution in [3.63, 3.8) is 0 Å². The van der Waals surface area contributed by atoms with E-state index >= 15 is 0 Å². The summed E-state index contributed by atoms with van der Waals surface area (Å²) >= 11 is 0. The number of benzene rings is 1. The smallest absolute Gasteiger partial charge is 0.138 e. The van der Waals surface area contributed by atoms with Crippen LogP contribution in [0, 0.1) is 0 Å². The molecular weight excluding hydrogens is 248 g/mol. The van der Waals surface area contributed by atoms with Gasteiger partial charge in [-0.3, -0.25) is 4.68 Å². The monoisotopic (exact) mass is 272 g/mol. The fourth-order valence-electron chi connectivity index (χ4n) is 2.58. The Bertz CT molecular complexity index is 506. The first-order valence-corrected chi connectivity index (χ1v) is 7.41. The Morgan fingerprint density at radius 2 is 1.95 bits per heavy atom. The zero-order chi connectivity index (χ0) is 14.4. The van der Waals surface area contributed by atoms with Crippen LogP contribution in [-0.4, -0.2) is 27.4 Å². The van der Waals surface area contributed by atoms with Crippen LogP contribution in [0.15, 0.2) is 36.7 Å². The van der Waals surface area contributed by atoms with E-state index in [1.165, 1.54) is 5.56 Å². The van der Waals surface area contributed by atoms with Gasteiger partial charge in [0, 0.05) is 19.0 Å². The van der Waals surface area contributed by atoms with Gasteiger partial charge in [-0.25, -0.2) is 4.98 Å². The van der Waals surface area contributed by atoms with Crippen molar-refractivity contribution in [3.05, 3.63) is 48.0 Å². The minimum atomic E-state index is 0.372. The second kappa shape index (κ2) is 7.20. The number of aromatic nitrogens is 3. The van der Waals surface area contributed by atoms with Crippen molar-refractivity contribution in [1.82, 2.24) is 20.1 Å². The summed E-state index contributed by atoms with van der Waals surface area (Å²) in [5, 5.41) is 7.85. The molecule has 1 N–H and O–H groups in total. The van der Waals surface area contributed by atoms with Crippen molar-refractivity contribution in [2.45, 2.75) is 45.7 Å². The summed E-state index contributed by atoms with van der Waals surface area (Å²) in [7, 11) is 0. The predicted molar refractivity (Wildman–Crippen MR) is 81.7 cm³/mol. The molecule has 20 heavy (non-hydrogen) atoms. The van der Waals surface area contributed by atoms with Gasteiger partial charge in [-0.05, 0) is 24.9 Å². The lowest BCUT2D eigenvalue weighted by Gasteiger charge is -2.25. The molecule has 2 aromatic rings. The zero-order valence-electron chi connectivity index (χ0n) is 12.6. The summed E-state index contributed by atoms with van der Waals surface area (Å²) in [6, 6.07) is 11.0. The number of nitrogens with zero attached hydrogens (tertiary/aromatic N) is 3. The van der Waals surface area contributed by atoms with Crippen LogP contribution in [0.2, 0.25) is 0 Å². The van der Waals surface area contributed by atoms with E-state index < -0.39 is 0 Å². The standard InChI is InChI=1S/C16H24N4/c1-4-17-15(11-16-18-12-19-20(16)5-2)13(3)14-9-7-6-8-10-14/h6-10,12-13,15,17H,4-5,11H2,1-3H3. The maximum absolute atomic E-state index is 4.40. The highest BCUT2D eigenvalue weighted by Crippen LogP contribution is 2.21. The minimum Gasteiger partial charge on any atom is -0.313 e. The van der Waals surface area contributed by atoms with Crippen molar-refractivity contribution < 1.29 is 0 Å². The molecule has 0 radical (unpaired) electrons. The fourth-order valence-corrected chi connectivity index (χ4v) is 2.58. The molecule has 4 nitrogen and oxygen atoms in total. The van der Waals surface area contributed by atoms with Crippen molar-refractivity contribution in [2.24, 2.45) is 0 Å². The third-order valence-corrected chi connectivity index (χ3v) is 3.79. The maximum Gasteiger partial charge on any atom is 0.138 e. The van der Waals surface area contributed by atoms with Gasteiger partial charge in [0.1, 0.15) is 12.2 Å². The molecule has 1 aromatic heterocycles. The molecule has 0 spiro atoms. The quantitative estimate of drug-likeness (QED) is 0.842.